The number of aliphatic imine (C=N–C) groups is 1. The molecule has 1 heterocycles. The van der Waals surface area contributed by atoms with Crippen LogP contribution in [0, 0.1) is 5.92 Å². The van der Waals surface area contributed by atoms with Gasteiger partial charge in [-0.15, -0.1) is 24.0 Å². The Morgan fingerprint density at radius 2 is 1.80 bits per heavy atom. The maximum atomic E-state index is 4.85. The predicted octanol–water partition coefficient (Wildman–Crippen LogP) is 2.76. The average Bonchev–Trinajstić information content (AvgIpc) is 3.27. The topological polar surface area (TPSA) is 42.9 Å². The van der Waals surface area contributed by atoms with Crippen molar-refractivity contribution in [3.8, 4) is 0 Å². The highest BCUT2D eigenvalue weighted by atomic mass is 127. The van der Waals surface area contributed by atoms with Crippen molar-refractivity contribution in [3.63, 3.8) is 0 Å². The number of hydrogen-bond donors (Lipinski definition) is 2. The summed E-state index contributed by atoms with van der Waals surface area (Å²) in [4.78, 5) is 10.0. The molecule has 0 amide bonds. The Balaban J connectivity index is 0.00000312. The van der Waals surface area contributed by atoms with Crippen molar-refractivity contribution in [3.05, 3.63) is 0 Å². The molecular weight excluding hydrogens is 425 g/mol. The van der Waals surface area contributed by atoms with E-state index >= 15 is 0 Å². The molecule has 6 heteroatoms. The molecule has 5 nitrogen and oxygen atoms in total. The largest absolute Gasteiger partial charge is 0.357 e. The Morgan fingerprint density at radius 1 is 1.12 bits per heavy atom. The third-order valence-electron chi connectivity index (χ3n) is 5.22. The molecule has 0 aromatic carbocycles. The Morgan fingerprint density at radius 3 is 2.36 bits per heavy atom. The lowest BCUT2D eigenvalue weighted by molar-refractivity contribution is 0.178. The van der Waals surface area contributed by atoms with Crippen LogP contribution in [0.5, 0.6) is 0 Å². The first-order valence-electron chi connectivity index (χ1n) is 10.0. The molecule has 0 radical (unpaired) electrons. The molecule has 2 fully saturated rings. The standard InChI is InChI=1S/C19H39N5.HI/c1-6-20-19(21-10-12-24(15(2)3)16(4)5)22-13-17-9-11-23(14-17)18-7-8-18;/h15-18H,6-14H2,1-5H3,(H2,20,21,22);1H. The van der Waals surface area contributed by atoms with Gasteiger partial charge in [0.05, 0.1) is 0 Å². The molecule has 148 valence electrons. The molecule has 0 aromatic heterocycles. The SMILES string of the molecule is CCNC(=NCC1CCN(C2CC2)C1)NCCN(C(C)C)C(C)C.I. The highest BCUT2D eigenvalue weighted by Crippen LogP contribution is 2.31. The molecule has 1 atom stereocenters. The molecular formula is C19H40IN5. The number of halogens is 1. The number of hydrogen-bond acceptors (Lipinski definition) is 3. The molecule has 2 aliphatic rings. The van der Waals surface area contributed by atoms with Crippen molar-refractivity contribution < 1.29 is 0 Å². The summed E-state index contributed by atoms with van der Waals surface area (Å²) in [7, 11) is 0. The fourth-order valence-electron chi connectivity index (χ4n) is 3.76. The van der Waals surface area contributed by atoms with E-state index in [1.165, 1.54) is 32.4 Å². The van der Waals surface area contributed by atoms with E-state index in [0.29, 0.717) is 12.1 Å². The van der Waals surface area contributed by atoms with Crippen LogP contribution in [0.2, 0.25) is 0 Å². The predicted molar refractivity (Wildman–Crippen MR) is 119 cm³/mol. The zero-order valence-electron chi connectivity index (χ0n) is 16.9. The third-order valence-corrected chi connectivity index (χ3v) is 5.22. The summed E-state index contributed by atoms with van der Waals surface area (Å²) >= 11 is 0. The Kier molecular flexibility index (Phi) is 10.6. The summed E-state index contributed by atoms with van der Waals surface area (Å²) in [5.41, 5.74) is 0. The van der Waals surface area contributed by atoms with Gasteiger partial charge in [0.15, 0.2) is 5.96 Å². The zero-order chi connectivity index (χ0) is 17.5. The Bertz CT molecular complexity index is 387. The smallest absolute Gasteiger partial charge is 0.191 e. The lowest BCUT2D eigenvalue weighted by Gasteiger charge is -2.30. The van der Waals surface area contributed by atoms with Crippen molar-refractivity contribution in [2.45, 2.75) is 72.0 Å². The molecule has 1 saturated heterocycles. The van der Waals surface area contributed by atoms with Crippen LogP contribution in [-0.2, 0) is 0 Å². The van der Waals surface area contributed by atoms with Crippen LogP contribution in [0.1, 0.15) is 53.9 Å². The number of nitrogens with zero attached hydrogens (tertiary/aromatic N) is 3. The van der Waals surface area contributed by atoms with Gasteiger partial charge in [0, 0.05) is 50.8 Å². The zero-order valence-corrected chi connectivity index (χ0v) is 19.3. The lowest BCUT2D eigenvalue weighted by atomic mass is 10.1. The van der Waals surface area contributed by atoms with Gasteiger partial charge in [-0.05, 0) is 66.3 Å². The van der Waals surface area contributed by atoms with Crippen molar-refractivity contribution in [2.75, 3.05) is 39.3 Å². The third kappa shape index (κ3) is 7.99. The fourth-order valence-corrected chi connectivity index (χ4v) is 3.76. The second-order valence-corrected chi connectivity index (χ2v) is 7.95. The van der Waals surface area contributed by atoms with Crippen LogP contribution in [0.15, 0.2) is 4.99 Å². The van der Waals surface area contributed by atoms with Crippen LogP contribution < -0.4 is 10.6 Å². The van der Waals surface area contributed by atoms with E-state index in [0.717, 1.165) is 44.1 Å². The van der Waals surface area contributed by atoms with Crippen LogP contribution in [0.3, 0.4) is 0 Å². The molecule has 1 aliphatic carbocycles. The molecule has 0 aromatic rings. The van der Waals surface area contributed by atoms with Crippen LogP contribution in [0.25, 0.3) is 0 Å². The van der Waals surface area contributed by atoms with Crippen LogP contribution in [-0.4, -0.2) is 73.2 Å². The average molecular weight is 465 g/mol. The summed E-state index contributed by atoms with van der Waals surface area (Å²) in [5.74, 6) is 1.72. The van der Waals surface area contributed by atoms with Crippen molar-refractivity contribution in [1.29, 1.82) is 0 Å². The van der Waals surface area contributed by atoms with E-state index in [4.69, 9.17) is 4.99 Å². The first-order valence-corrected chi connectivity index (χ1v) is 10.0. The number of guanidine groups is 1. The van der Waals surface area contributed by atoms with Gasteiger partial charge in [-0.25, -0.2) is 0 Å². The summed E-state index contributed by atoms with van der Waals surface area (Å²) in [6, 6.07) is 2.07. The van der Waals surface area contributed by atoms with Gasteiger partial charge in [0.25, 0.3) is 0 Å². The fraction of sp³-hybridized carbons (Fsp3) is 0.947. The molecule has 0 spiro atoms. The van der Waals surface area contributed by atoms with Gasteiger partial charge in [0.1, 0.15) is 0 Å². The van der Waals surface area contributed by atoms with E-state index in [1.54, 1.807) is 0 Å². The minimum absolute atomic E-state index is 0. The van der Waals surface area contributed by atoms with Crippen LogP contribution >= 0.6 is 24.0 Å². The summed E-state index contributed by atoms with van der Waals surface area (Å²) in [6.07, 6.45) is 4.15. The molecule has 2 N–H and O–H groups in total. The van der Waals surface area contributed by atoms with Gasteiger partial charge >= 0.3 is 0 Å². The molecule has 1 aliphatic heterocycles. The second kappa shape index (κ2) is 11.6. The molecule has 2 rings (SSSR count). The molecule has 25 heavy (non-hydrogen) atoms. The van der Waals surface area contributed by atoms with Gasteiger partial charge in [-0.1, -0.05) is 0 Å². The summed E-state index contributed by atoms with van der Waals surface area (Å²) in [5, 5.41) is 6.91. The maximum Gasteiger partial charge on any atom is 0.191 e. The van der Waals surface area contributed by atoms with Crippen molar-refractivity contribution in [1.82, 2.24) is 20.4 Å². The first-order chi connectivity index (χ1) is 11.5. The van der Waals surface area contributed by atoms with Crippen LogP contribution in [0.4, 0.5) is 0 Å². The molecule has 1 unspecified atom stereocenters. The number of nitrogens with one attached hydrogen (secondary N) is 2. The Labute approximate surface area is 172 Å². The number of rotatable bonds is 9. The summed E-state index contributed by atoms with van der Waals surface area (Å²) < 4.78 is 0. The minimum Gasteiger partial charge on any atom is -0.357 e. The van der Waals surface area contributed by atoms with E-state index in [9.17, 15) is 0 Å². The minimum atomic E-state index is 0. The van der Waals surface area contributed by atoms with Gasteiger partial charge in [-0.3, -0.25) is 9.89 Å². The number of likely N-dealkylation sites (tertiary alicyclic amines) is 1. The molecule has 0 bridgehead atoms. The van der Waals surface area contributed by atoms with E-state index < -0.39 is 0 Å². The molecule has 1 saturated carbocycles. The van der Waals surface area contributed by atoms with Gasteiger partial charge in [-0.2, -0.15) is 0 Å². The Hall–Kier alpha value is -0.0800. The normalized spacial score (nSPS) is 21.9. The van der Waals surface area contributed by atoms with E-state index in [-0.39, 0.29) is 24.0 Å². The lowest BCUT2D eigenvalue weighted by Crippen LogP contribution is -2.45. The van der Waals surface area contributed by atoms with Crippen molar-refractivity contribution in [2.24, 2.45) is 10.9 Å². The van der Waals surface area contributed by atoms with Gasteiger partial charge in [0.2, 0.25) is 0 Å². The monoisotopic (exact) mass is 465 g/mol. The van der Waals surface area contributed by atoms with E-state index in [1.807, 2.05) is 0 Å². The highest BCUT2D eigenvalue weighted by molar-refractivity contribution is 14.0. The second-order valence-electron chi connectivity index (χ2n) is 7.95. The van der Waals surface area contributed by atoms with Gasteiger partial charge < -0.3 is 15.5 Å². The first kappa shape index (κ1) is 23.0. The van der Waals surface area contributed by atoms with Crippen molar-refractivity contribution >= 4 is 29.9 Å². The highest BCUT2D eigenvalue weighted by Gasteiger charge is 2.34. The summed E-state index contributed by atoms with van der Waals surface area (Å²) in [6.45, 7) is 17.6. The van der Waals surface area contributed by atoms with E-state index in [2.05, 4.69) is 55.1 Å². The quantitative estimate of drug-likeness (QED) is 0.312. The maximum absolute atomic E-state index is 4.85.